The number of carbonyl (C=O) groups excluding carboxylic acids is 1. The summed E-state index contributed by atoms with van der Waals surface area (Å²) in [6, 6.07) is 6.26. The van der Waals surface area contributed by atoms with Crippen LogP contribution in [-0.4, -0.2) is 16.9 Å². The molecule has 8 heteroatoms. The van der Waals surface area contributed by atoms with E-state index in [1.54, 1.807) is 0 Å². The first-order chi connectivity index (χ1) is 9.76. The first-order valence-corrected chi connectivity index (χ1v) is 5.79. The van der Waals surface area contributed by atoms with Crippen LogP contribution in [0.4, 0.5) is 13.2 Å². The van der Waals surface area contributed by atoms with Crippen molar-refractivity contribution in [1.29, 1.82) is 0 Å². The summed E-state index contributed by atoms with van der Waals surface area (Å²) in [5, 5.41) is 0.510. The first-order valence-electron chi connectivity index (χ1n) is 5.79. The monoisotopic (exact) mass is 301 g/mol. The number of rotatable bonds is 3. The molecule has 0 amide bonds. The molecular weight excluding hydrogens is 291 g/mol. The van der Waals surface area contributed by atoms with Gasteiger partial charge in [-0.25, -0.2) is 0 Å². The Morgan fingerprint density at radius 2 is 1.90 bits per heavy atom. The van der Waals surface area contributed by atoms with Crippen molar-refractivity contribution in [2.24, 2.45) is 0 Å². The van der Waals surface area contributed by atoms with E-state index in [1.165, 1.54) is 18.2 Å². The van der Waals surface area contributed by atoms with E-state index in [9.17, 15) is 22.8 Å². The summed E-state index contributed by atoms with van der Waals surface area (Å²) in [6.45, 7) is 0.773. The van der Waals surface area contributed by atoms with E-state index in [2.05, 4.69) is 4.74 Å². The molecule has 0 spiro atoms. The highest BCUT2D eigenvalue weighted by molar-refractivity contribution is 5.80. The number of pyridine rings is 1. The van der Waals surface area contributed by atoms with Gasteiger partial charge in [0.1, 0.15) is 5.75 Å². The van der Waals surface area contributed by atoms with Gasteiger partial charge in [-0.15, -0.1) is 13.2 Å². The highest BCUT2D eigenvalue weighted by atomic mass is 19.4. The van der Waals surface area contributed by atoms with E-state index in [0.29, 0.717) is 5.39 Å². The summed E-state index contributed by atoms with van der Waals surface area (Å²) in [7, 11) is 0. The van der Waals surface area contributed by atoms with Crippen molar-refractivity contribution in [2.45, 2.75) is 20.0 Å². The molecular formula is C13H10F3NO4. The number of aromatic nitrogens is 1. The lowest BCUT2D eigenvalue weighted by Crippen LogP contribution is -2.22. The molecule has 0 unspecified atom stereocenters. The fourth-order valence-electron chi connectivity index (χ4n) is 1.75. The first kappa shape index (κ1) is 14.9. The molecule has 0 N–H and O–H groups in total. The number of hydrogen-bond acceptors (Lipinski definition) is 4. The van der Waals surface area contributed by atoms with Gasteiger partial charge in [0, 0.05) is 19.1 Å². The highest BCUT2D eigenvalue weighted by Gasteiger charge is 2.31. The van der Waals surface area contributed by atoms with Crippen molar-refractivity contribution in [3.63, 3.8) is 0 Å². The van der Waals surface area contributed by atoms with Gasteiger partial charge in [-0.2, -0.15) is 0 Å². The molecule has 1 aromatic carbocycles. The van der Waals surface area contributed by atoms with Crippen LogP contribution in [0.3, 0.4) is 0 Å². The maximum Gasteiger partial charge on any atom is 0.573 e. The second-order valence-electron chi connectivity index (χ2n) is 4.13. The minimum absolute atomic E-state index is 0.172. The van der Waals surface area contributed by atoms with Crippen molar-refractivity contribution in [3.05, 3.63) is 40.7 Å². The van der Waals surface area contributed by atoms with Crippen LogP contribution >= 0.6 is 0 Å². The molecule has 0 aliphatic carbocycles. The van der Waals surface area contributed by atoms with Gasteiger partial charge in [0.05, 0.1) is 5.52 Å². The SMILES string of the molecule is CC(=O)OCn1c(=O)ccc2ccc(OC(F)(F)F)cc21. The van der Waals surface area contributed by atoms with Crippen LogP contribution in [0.1, 0.15) is 6.92 Å². The molecule has 0 aliphatic heterocycles. The van der Waals surface area contributed by atoms with E-state index in [1.807, 2.05) is 0 Å². The summed E-state index contributed by atoms with van der Waals surface area (Å²) < 4.78 is 46.2. The number of carbonyl (C=O) groups is 1. The van der Waals surface area contributed by atoms with Crippen molar-refractivity contribution in [2.75, 3.05) is 0 Å². The summed E-state index contributed by atoms with van der Waals surface area (Å²) in [4.78, 5) is 22.6. The minimum Gasteiger partial charge on any atom is -0.444 e. The Morgan fingerprint density at radius 3 is 2.52 bits per heavy atom. The zero-order valence-electron chi connectivity index (χ0n) is 10.8. The van der Waals surface area contributed by atoms with E-state index in [-0.39, 0.29) is 12.2 Å². The Kier molecular flexibility index (Phi) is 3.88. The molecule has 0 saturated heterocycles. The van der Waals surface area contributed by atoms with Gasteiger partial charge >= 0.3 is 12.3 Å². The van der Waals surface area contributed by atoms with E-state index < -0.39 is 23.6 Å². The van der Waals surface area contributed by atoms with Gasteiger partial charge in [-0.1, -0.05) is 0 Å². The molecule has 0 fully saturated rings. The molecule has 5 nitrogen and oxygen atoms in total. The third-order valence-corrected chi connectivity index (χ3v) is 2.59. The Balaban J connectivity index is 2.49. The molecule has 0 aliphatic rings. The molecule has 0 saturated carbocycles. The Morgan fingerprint density at radius 1 is 1.24 bits per heavy atom. The number of halogens is 3. The van der Waals surface area contributed by atoms with Gasteiger partial charge in [0.2, 0.25) is 0 Å². The topological polar surface area (TPSA) is 57.5 Å². The van der Waals surface area contributed by atoms with Crippen molar-refractivity contribution in [1.82, 2.24) is 4.57 Å². The predicted molar refractivity (Wildman–Crippen MR) is 66.7 cm³/mol. The number of nitrogens with zero attached hydrogens (tertiary/aromatic N) is 1. The zero-order chi connectivity index (χ0) is 15.6. The fraction of sp³-hybridized carbons (Fsp3) is 0.231. The van der Waals surface area contributed by atoms with Crippen LogP contribution in [0, 0.1) is 0 Å². The van der Waals surface area contributed by atoms with Gasteiger partial charge in [0.25, 0.3) is 5.56 Å². The standard InChI is InChI=1S/C13H10F3NO4/c1-8(18)20-7-17-11-6-10(21-13(14,15)16)4-2-9(11)3-5-12(17)19/h2-6H,7H2,1H3. The largest absolute Gasteiger partial charge is 0.573 e. The second kappa shape index (κ2) is 5.47. The van der Waals surface area contributed by atoms with Crippen LogP contribution in [0.25, 0.3) is 10.9 Å². The smallest absolute Gasteiger partial charge is 0.444 e. The molecule has 0 atom stereocenters. The van der Waals surface area contributed by atoms with Crippen LogP contribution < -0.4 is 10.3 Å². The fourth-order valence-corrected chi connectivity index (χ4v) is 1.75. The van der Waals surface area contributed by atoms with E-state index >= 15 is 0 Å². The van der Waals surface area contributed by atoms with E-state index in [0.717, 1.165) is 23.6 Å². The van der Waals surface area contributed by atoms with Crippen LogP contribution in [0.15, 0.2) is 35.1 Å². The van der Waals surface area contributed by atoms with Gasteiger partial charge in [0.15, 0.2) is 6.73 Å². The quantitative estimate of drug-likeness (QED) is 0.817. The number of benzene rings is 1. The molecule has 1 aromatic heterocycles. The lowest BCUT2D eigenvalue weighted by molar-refractivity contribution is -0.274. The van der Waals surface area contributed by atoms with Gasteiger partial charge in [-0.3, -0.25) is 14.2 Å². The molecule has 0 radical (unpaired) electrons. The molecule has 21 heavy (non-hydrogen) atoms. The number of ether oxygens (including phenoxy) is 2. The zero-order valence-corrected chi connectivity index (χ0v) is 10.8. The van der Waals surface area contributed by atoms with Crippen LogP contribution in [0.5, 0.6) is 5.75 Å². The van der Waals surface area contributed by atoms with Crippen molar-refractivity contribution < 1.29 is 27.4 Å². The molecule has 2 aromatic rings. The number of esters is 1. The van der Waals surface area contributed by atoms with Crippen molar-refractivity contribution in [3.8, 4) is 5.75 Å². The molecule has 112 valence electrons. The number of hydrogen-bond donors (Lipinski definition) is 0. The minimum atomic E-state index is -4.83. The summed E-state index contributed by atoms with van der Waals surface area (Å²) in [6.07, 6.45) is -4.83. The van der Waals surface area contributed by atoms with Crippen LogP contribution in [-0.2, 0) is 16.3 Å². The Hall–Kier alpha value is -2.51. The maximum atomic E-state index is 12.2. The number of fused-ring (bicyclic) bond motifs is 1. The number of alkyl halides is 3. The van der Waals surface area contributed by atoms with Gasteiger partial charge < -0.3 is 9.47 Å². The van der Waals surface area contributed by atoms with Gasteiger partial charge in [-0.05, 0) is 23.6 Å². The normalized spacial score (nSPS) is 11.4. The third kappa shape index (κ3) is 3.74. The molecule has 1 heterocycles. The Labute approximate surface area is 116 Å². The third-order valence-electron chi connectivity index (χ3n) is 2.59. The van der Waals surface area contributed by atoms with Crippen molar-refractivity contribution >= 4 is 16.9 Å². The average molecular weight is 301 g/mol. The second-order valence-corrected chi connectivity index (χ2v) is 4.13. The lowest BCUT2D eigenvalue weighted by atomic mass is 10.2. The average Bonchev–Trinajstić information content (AvgIpc) is 2.35. The maximum absolute atomic E-state index is 12.2. The molecule has 0 bridgehead atoms. The Bertz CT molecular complexity index is 736. The van der Waals surface area contributed by atoms with Crippen LogP contribution in [0.2, 0.25) is 0 Å². The molecule has 2 rings (SSSR count). The summed E-state index contributed by atoms with van der Waals surface area (Å²) in [5.41, 5.74) is -0.335. The van der Waals surface area contributed by atoms with E-state index in [4.69, 9.17) is 4.74 Å². The predicted octanol–water partition coefficient (Wildman–Crippen LogP) is 2.42. The lowest BCUT2D eigenvalue weighted by Gasteiger charge is -2.13. The highest BCUT2D eigenvalue weighted by Crippen LogP contribution is 2.25. The summed E-state index contributed by atoms with van der Waals surface area (Å²) in [5.74, 6) is -1.07. The summed E-state index contributed by atoms with van der Waals surface area (Å²) >= 11 is 0.